The summed E-state index contributed by atoms with van der Waals surface area (Å²) in [5.74, 6) is 0.686. The first-order chi connectivity index (χ1) is 18.7. The second-order valence-corrected chi connectivity index (χ2v) is 13.7. The number of H-pyrrole nitrogens is 1. The molecule has 0 atom stereocenters. The van der Waals surface area contributed by atoms with Crippen LogP contribution in [0.2, 0.25) is 0 Å². The third-order valence-corrected chi connectivity index (χ3v) is 10.9. The number of benzene rings is 1. The summed E-state index contributed by atoms with van der Waals surface area (Å²) in [6, 6.07) is 6.00. The van der Waals surface area contributed by atoms with Gasteiger partial charge < -0.3 is 29.7 Å². The monoisotopic (exact) mass is 564 g/mol. The summed E-state index contributed by atoms with van der Waals surface area (Å²) < 4.78 is 66.1. The molecule has 3 N–H and O–H groups in total. The maximum Gasteiger partial charge on any atom is 0.418 e. The number of nitrogens with zero attached hydrogens (tertiary/aromatic N) is 3. The van der Waals surface area contributed by atoms with Crippen LogP contribution in [0.1, 0.15) is 31.2 Å². The number of nitrogens with one attached hydrogen (secondary N) is 3. The van der Waals surface area contributed by atoms with Crippen LogP contribution in [0.3, 0.4) is 0 Å². The Bertz CT molecular complexity index is 1390. The summed E-state index contributed by atoms with van der Waals surface area (Å²) in [4.78, 5) is 13.9. The van der Waals surface area contributed by atoms with Gasteiger partial charge in [0, 0.05) is 62.2 Å². The Labute approximate surface area is 224 Å². The Hall–Kier alpha value is -2.82. The molecule has 1 saturated carbocycles. The van der Waals surface area contributed by atoms with Gasteiger partial charge in [-0.05, 0) is 43.9 Å². The molecule has 0 amide bonds. The van der Waals surface area contributed by atoms with Gasteiger partial charge >= 0.3 is 6.18 Å². The fourth-order valence-corrected chi connectivity index (χ4v) is 8.07. The van der Waals surface area contributed by atoms with Crippen LogP contribution in [-0.2, 0) is 15.5 Å². The number of methoxy groups -OCH3 is 1. The second kappa shape index (κ2) is 10.3. The molecule has 3 aliphatic rings. The van der Waals surface area contributed by atoms with E-state index in [1.165, 1.54) is 20.0 Å². The van der Waals surface area contributed by atoms with E-state index in [0.29, 0.717) is 55.9 Å². The molecule has 4 heterocycles. The van der Waals surface area contributed by atoms with E-state index < -0.39 is 18.9 Å². The number of aromatic nitrogens is 3. The average molecular weight is 565 g/mol. The molecular formula is C26H32F3N6O3P. The van der Waals surface area contributed by atoms with E-state index in [0.717, 1.165) is 24.6 Å². The van der Waals surface area contributed by atoms with Gasteiger partial charge in [0.2, 0.25) is 5.95 Å². The highest BCUT2D eigenvalue weighted by Gasteiger charge is 2.38. The number of aromatic amines is 1. The molecule has 0 bridgehead atoms. The van der Waals surface area contributed by atoms with Crippen molar-refractivity contribution in [1.29, 1.82) is 0 Å². The molecule has 2 saturated heterocycles. The first-order valence-electron chi connectivity index (χ1n) is 13.3. The zero-order valence-electron chi connectivity index (χ0n) is 21.7. The van der Waals surface area contributed by atoms with Crippen molar-refractivity contribution in [3.05, 3.63) is 30.0 Å². The van der Waals surface area contributed by atoms with Crippen LogP contribution >= 0.6 is 7.14 Å². The summed E-state index contributed by atoms with van der Waals surface area (Å²) in [7, 11) is -1.02. The highest BCUT2D eigenvalue weighted by atomic mass is 31.2. The summed E-state index contributed by atoms with van der Waals surface area (Å²) in [5, 5.41) is 6.97. The third-order valence-electron chi connectivity index (χ3n) is 7.86. The number of anilines is 3. The molecule has 0 radical (unpaired) electrons. The van der Waals surface area contributed by atoms with Crippen molar-refractivity contribution in [3.63, 3.8) is 0 Å². The molecule has 0 unspecified atom stereocenters. The molecule has 1 aromatic carbocycles. The zero-order valence-corrected chi connectivity index (χ0v) is 22.6. The fourth-order valence-electron chi connectivity index (χ4n) is 5.48. The lowest BCUT2D eigenvalue weighted by atomic mass is 10.1. The molecule has 2 aliphatic heterocycles. The lowest BCUT2D eigenvalue weighted by molar-refractivity contribution is -0.136. The lowest BCUT2D eigenvalue weighted by Crippen LogP contribution is -2.38. The van der Waals surface area contributed by atoms with Crippen molar-refractivity contribution in [1.82, 2.24) is 19.9 Å². The maximum absolute atomic E-state index is 13.8. The molecule has 39 heavy (non-hydrogen) atoms. The van der Waals surface area contributed by atoms with Crippen LogP contribution in [0.15, 0.2) is 24.4 Å². The Morgan fingerprint density at radius 1 is 1.13 bits per heavy atom. The van der Waals surface area contributed by atoms with Crippen molar-refractivity contribution in [2.75, 3.05) is 56.4 Å². The number of alkyl halides is 3. The molecule has 6 rings (SSSR count). The average Bonchev–Trinajstić information content (AvgIpc) is 3.67. The Balaban J connectivity index is 1.29. The van der Waals surface area contributed by atoms with Crippen LogP contribution < -0.4 is 20.7 Å². The van der Waals surface area contributed by atoms with Gasteiger partial charge in [-0.15, -0.1) is 0 Å². The van der Waals surface area contributed by atoms with Gasteiger partial charge in [0.05, 0.1) is 23.7 Å². The molecule has 0 spiro atoms. The van der Waals surface area contributed by atoms with E-state index in [4.69, 9.17) is 9.47 Å². The number of hydrogen-bond acceptors (Lipinski definition) is 8. The van der Waals surface area contributed by atoms with Gasteiger partial charge in [-0.25, -0.2) is 0 Å². The van der Waals surface area contributed by atoms with Crippen molar-refractivity contribution >= 4 is 40.9 Å². The number of halogens is 3. The predicted molar refractivity (Wildman–Crippen MR) is 144 cm³/mol. The summed E-state index contributed by atoms with van der Waals surface area (Å²) in [6.45, 7) is 2.75. The molecule has 1 aliphatic carbocycles. The Morgan fingerprint density at radius 3 is 2.54 bits per heavy atom. The molecule has 210 valence electrons. The van der Waals surface area contributed by atoms with Crippen molar-refractivity contribution in [2.24, 2.45) is 0 Å². The van der Waals surface area contributed by atoms with Gasteiger partial charge in [-0.2, -0.15) is 23.1 Å². The van der Waals surface area contributed by atoms with Gasteiger partial charge in [-0.3, -0.25) is 4.90 Å². The van der Waals surface area contributed by atoms with Crippen molar-refractivity contribution in [2.45, 2.75) is 43.9 Å². The quantitative estimate of drug-likeness (QED) is 0.352. The van der Waals surface area contributed by atoms with Crippen LogP contribution in [-0.4, -0.2) is 77.7 Å². The van der Waals surface area contributed by atoms with E-state index in [-0.39, 0.29) is 28.8 Å². The second-order valence-electron chi connectivity index (χ2n) is 10.5. The molecule has 2 aromatic heterocycles. The first-order valence-corrected chi connectivity index (χ1v) is 15.4. The van der Waals surface area contributed by atoms with Gasteiger partial charge in [-0.1, -0.05) is 0 Å². The van der Waals surface area contributed by atoms with E-state index >= 15 is 0 Å². The minimum absolute atomic E-state index is 0.0665. The number of hydrogen-bond donors (Lipinski definition) is 3. The predicted octanol–water partition coefficient (Wildman–Crippen LogP) is 4.79. The number of rotatable bonds is 7. The van der Waals surface area contributed by atoms with Gasteiger partial charge in [0.1, 0.15) is 24.4 Å². The van der Waals surface area contributed by atoms with Crippen LogP contribution in [0.4, 0.5) is 30.6 Å². The zero-order chi connectivity index (χ0) is 27.2. The van der Waals surface area contributed by atoms with E-state index in [1.807, 2.05) is 6.07 Å². The molecule has 3 fully saturated rings. The fraction of sp³-hybridized carbons (Fsp3) is 0.538. The highest BCUT2D eigenvalue weighted by Crippen LogP contribution is 2.49. The molecule has 3 aromatic rings. The third kappa shape index (κ3) is 5.47. The standard InChI is InChI=1S/C26H32F3N6O3P/c1-37-21-14-18(39(36)12-8-35(9-13-39)17-2-3-17)4-5-20(21)32-25-33-23-22(19(15-30-23)26(27,28)29)24(34-25)31-16-6-10-38-11-7-16/h4-5,14-17H,2-3,6-13H2,1H3,(H3,30,31,32,33,34). The highest BCUT2D eigenvalue weighted by molar-refractivity contribution is 7.71. The maximum atomic E-state index is 13.8. The Kier molecular flexibility index (Phi) is 6.97. The van der Waals surface area contributed by atoms with Gasteiger partial charge in [0.15, 0.2) is 0 Å². The number of ether oxygens (including phenoxy) is 2. The van der Waals surface area contributed by atoms with E-state index in [9.17, 15) is 17.7 Å². The minimum Gasteiger partial charge on any atom is -0.495 e. The largest absolute Gasteiger partial charge is 0.495 e. The molecule has 13 heteroatoms. The smallest absolute Gasteiger partial charge is 0.418 e. The lowest BCUT2D eigenvalue weighted by Gasteiger charge is -2.32. The SMILES string of the molecule is COc1cc(P2(=O)CCN(C3CC3)CC2)ccc1Nc1nc(NC2CCOCC2)c2c(C(F)(F)F)c[nH]c2n1. The molecule has 9 nitrogen and oxygen atoms in total. The molecular weight excluding hydrogens is 532 g/mol. The van der Waals surface area contributed by atoms with Crippen molar-refractivity contribution in [3.8, 4) is 5.75 Å². The van der Waals surface area contributed by atoms with Crippen molar-refractivity contribution < 1.29 is 27.2 Å². The van der Waals surface area contributed by atoms with Crippen LogP contribution in [0.5, 0.6) is 5.75 Å². The normalized spacial score (nSPS) is 20.7. The Morgan fingerprint density at radius 2 is 1.87 bits per heavy atom. The van der Waals surface area contributed by atoms with Crippen LogP contribution in [0.25, 0.3) is 11.0 Å². The topological polar surface area (TPSA) is 104 Å². The number of fused-ring (bicyclic) bond motifs is 1. The van der Waals surface area contributed by atoms with E-state index in [1.54, 1.807) is 12.1 Å². The first kappa shape index (κ1) is 26.4. The van der Waals surface area contributed by atoms with Crippen LogP contribution in [0, 0.1) is 0 Å². The summed E-state index contributed by atoms with van der Waals surface area (Å²) >= 11 is 0. The summed E-state index contributed by atoms with van der Waals surface area (Å²) in [5.41, 5.74) is -0.224. The summed E-state index contributed by atoms with van der Waals surface area (Å²) in [6.07, 6.45) is 1.44. The van der Waals surface area contributed by atoms with Gasteiger partial charge in [0.25, 0.3) is 0 Å². The minimum atomic E-state index is -4.56. The van der Waals surface area contributed by atoms with E-state index in [2.05, 4.69) is 30.5 Å².